The van der Waals surface area contributed by atoms with E-state index in [0.717, 1.165) is 12.8 Å². The Morgan fingerprint density at radius 3 is 2.50 bits per heavy atom. The molecule has 0 saturated carbocycles. The second-order valence-corrected chi connectivity index (χ2v) is 4.25. The summed E-state index contributed by atoms with van der Waals surface area (Å²) < 4.78 is 0. The average molecular weight is 200 g/mol. The first kappa shape index (κ1) is 13.4. The minimum absolute atomic E-state index is 0.142. The van der Waals surface area contributed by atoms with Gasteiger partial charge < -0.3 is 11.1 Å². The number of nitrogens with two attached hydrogens (primary N) is 1. The molecule has 0 saturated heterocycles. The molecule has 1 atom stereocenters. The van der Waals surface area contributed by atoms with E-state index < -0.39 is 0 Å². The monoisotopic (exact) mass is 200 g/mol. The Morgan fingerprint density at radius 1 is 1.43 bits per heavy atom. The number of amides is 1. The zero-order chi connectivity index (χ0) is 11.0. The van der Waals surface area contributed by atoms with Crippen LogP contribution in [0.25, 0.3) is 0 Å². The van der Waals surface area contributed by atoms with Gasteiger partial charge in [0.15, 0.2) is 0 Å². The highest BCUT2D eigenvalue weighted by molar-refractivity contribution is 5.76. The van der Waals surface area contributed by atoms with Crippen LogP contribution in [0.2, 0.25) is 0 Å². The first-order valence-corrected chi connectivity index (χ1v) is 5.56. The van der Waals surface area contributed by atoms with Crippen LogP contribution < -0.4 is 11.1 Å². The summed E-state index contributed by atoms with van der Waals surface area (Å²) in [6.07, 6.45) is 2.86. The van der Waals surface area contributed by atoms with Crippen LogP contribution in [0.4, 0.5) is 0 Å². The minimum Gasteiger partial charge on any atom is -0.355 e. The van der Waals surface area contributed by atoms with Gasteiger partial charge in [-0.15, -0.1) is 0 Å². The van der Waals surface area contributed by atoms with E-state index in [4.69, 9.17) is 5.73 Å². The molecule has 3 N–H and O–H groups in total. The summed E-state index contributed by atoms with van der Waals surface area (Å²) in [4.78, 5) is 11.4. The third-order valence-electron chi connectivity index (χ3n) is 2.32. The van der Waals surface area contributed by atoms with Gasteiger partial charge in [0.2, 0.25) is 5.91 Å². The predicted molar refractivity (Wildman–Crippen MR) is 59.9 cm³/mol. The van der Waals surface area contributed by atoms with Crippen LogP contribution in [0.1, 0.15) is 40.0 Å². The van der Waals surface area contributed by atoms with Gasteiger partial charge in [-0.2, -0.15) is 0 Å². The fourth-order valence-electron chi connectivity index (χ4n) is 1.61. The lowest BCUT2D eigenvalue weighted by molar-refractivity contribution is -0.122. The molecule has 0 aromatic carbocycles. The molecular weight excluding hydrogens is 176 g/mol. The maximum absolute atomic E-state index is 11.4. The Kier molecular flexibility index (Phi) is 7.48. The first-order valence-electron chi connectivity index (χ1n) is 5.56. The summed E-state index contributed by atoms with van der Waals surface area (Å²) in [7, 11) is 0. The predicted octanol–water partition coefficient (Wildman–Crippen LogP) is 1.52. The summed E-state index contributed by atoms with van der Waals surface area (Å²) in [6.45, 7) is 7.65. The van der Waals surface area contributed by atoms with E-state index in [2.05, 4.69) is 26.1 Å². The van der Waals surface area contributed by atoms with E-state index in [1.165, 1.54) is 0 Å². The number of carbonyl (C=O) groups is 1. The lowest BCUT2D eigenvalue weighted by Gasteiger charge is -2.16. The Balaban J connectivity index is 3.74. The fourth-order valence-corrected chi connectivity index (χ4v) is 1.61. The van der Waals surface area contributed by atoms with Gasteiger partial charge in [0.1, 0.15) is 0 Å². The van der Waals surface area contributed by atoms with Crippen molar-refractivity contribution < 1.29 is 4.79 Å². The molecule has 0 aromatic rings. The largest absolute Gasteiger partial charge is 0.355 e. The van der Waals surface area contributed by atoms with Crippen LogP contribution in [-0.4, -0.2) is 19.0 Å². The molecule has 0 aromatic heterocycles. The van der Waals surface area contributed by atoms with E-state index in [-0.39, 0.29) is 5.91 Å². The van der Waals surface area contributed by atoms with Crippen LogP contribution in [0.5, 0.6) is 0 Å². The summed E-state index contributed by atoms with van der Waals surface area (Å²) >= 11 is 0. The van der Waals surface area contributed by atoms with E-state index in [1.54, 1.807) is 0 Å². The van der Waals surface area contributed by atoms with Crippen molar-refractivity contribution in [2.45, 2.75) is 40.0 Å². The van der Waals surface area contributed by atoms with Gasteiger partial charge in [-0.25, -0.2) is 0 Å². The zero-order valence-corrected chi connectivity index (χ0v) is 9.68. The molecule has 14 heavy (non-hydrogen) atoms. The lowest BCUT2D eigenvalue weighted by atomic mass is 9.92. The highest BCUT2D eigenvalue weighted by Crippen LogP contribution is 2.18. The summed E-state index contributed by atoms with van der Waals surface area (Å²) in [6, 6.07) is 0. The molecule has 0 fully saturated rings. The number of rotatable bonds is 7. The molecule has 3 heteroatoms. The number of hydrogen-bond donors (Lipinski definition) is 2. The van der Waals surface area contributed by atoms with Crippen LogP contribution in [0.3, 0.4) is 0 Å². The molecule has 0 heterocycles. The van der Waals surface area contributed by atoms with Crippen molar-refractivity contribution in [3.8, 4) is 0 Å². The average Bonchev–Trinajstić information content (AvgIpc) is 2.12. The summed E-state index contributed by atoms with van der Waals surface area (Å²) in [5.74, 6) is 1.33. The zero-order valence-electron chi connectivity index (χ0n) is 9.68. The van der Waals surface area contributed by atoms with Gasteiger partial charge in [-0.3, -0.25) is 4.79 Å². The number of carbonyl (C=O) groups excluding carboxylic acids is 1. The standard InChI is InChI=1S/C11H24N2O/c1-4-10(7-9(2)3)8-11(14)13-6-5-12/h9-10H,4-8,12H2,1-3H3,(H,13,14)/t10-/m0/s1. The van der Waals surface area contributed by atoms with E-state index >= 15 is 0 Å². The molecule has 0 aliphatic carbocycles. The van der Waals surface area contributed by atoms with E-state index in [0.29, 0.717) is 31.3 Å². The Morgan fingerprint density at radius 2 is 2.07 bits per heavy atom. The van der Waals surface area contributed by atoms with Crippen molar-refractivity contribution in [3.63, 3.8) is 0 Å². The van der Waals surface area contributed by atoms with E-state index in [9.17, 15) is 4.79 Å². The number of hydrogen-bond acceptors (Lipinski definition) is 2. The Hall–Kier alpha value is -0.570. The molecule has 0 rings (SSSR count). The van der Waals surface area contributed by atoms with Crippen LogP contribution >= 0.6 is 0 Å². The van der Waals surface area contributed by atoms with Crippen molar-refractivity contribution in [1.29, 1.82) is 0 Å². The Bertz CT molecular complexity index is 157. The molecule has 0 aliphatic rings. The summed E-state index contributed by atoms with van der Waals surface area (Å²) in [5.41, 5.74) is 5.31. The van der Waals surface area contributed by atoms with Gasteiger partial charge in [0.25, 0.3) is 0 Å². The third kappa shape index (κ3) is 6.89. The van der Waals surface area contributed by atoms with E-state index in [1.807, 2.05) is 0 Å². The first-order chi connectivity index (χ1) is 6.60. The normalized spacial score (nSPS) is 12.9. The SMILES string of the molecule is CC[C@H](CC(=O)NCCN)CC(C)C. The van der Waals surface area contributed by atoms with Gasteiger partial charge in [-0.1, -0.05) is 27.2 Å². The second kappa shape index (κ2) is 7.80. The fraction of sp³-hybridized carbons (Fsp3) is 0.909. The maximum atomic E-state index is 11.4. The van der Waals surface area contributed by atoms with Crippen LogP contribution in [0.15, 0.2) is 0 Å². The van der Waals surface area contributed by atoms with Crippen molar-refractivity contribution >= 4 is 5.91 Å². The number of nitrogens with one attached hydrogen (secondary N) is 1. The van der Waals surface area contributed by atoms with Gasteiger partial charge in [0, 0.05) is 19.5 Å². The van der Waals surface area contributed by atoms with Gasteiger partial charge >= 0.3 is 0 Å². The molecular formula is C11H24N2O. The molecule has 0 unspecified atom stereocenters. The quantitative estimate of drug-likeness (QED) is 0.654. The molecule has 1 amide bonds. The van der Waals surface area contributed by atoms with Crippen LogP contribution in [-0.2, 0) is 4.79 Å². The maximum Gasteiger partial charge on any atom is 0.220 e. The molecule has 84 valence electrons. The second-order valence-electron chi connectivity index (χ2n) is 4.25. The molecule has 3 nitrogen and oxygen atoms in total. The highest BCUT2D eigenvalue weighted by atomic mass is 16.1. The molecule has 0 spiro atoms. The summed E-state index contributed by atoms with van der Waals surface area (Å²) in [5, 5.41) is 2.81. The smallest absolute Gasteiger partial charge is 0.220 e. The Labute approximate surface area is 87.4 Å². The van der Waals surface area contributed by atoms with Crippen molar-refractivity contribution in [3.05, 3.63) is 0 Å². The molecule has 0 bridgehead atoms. The third-order valence-corrected chi connectivity index (χ3v) is 2.32. The molecule has 0 aliphatic heterocycles. The van der Waals surface area contributed by atoms with Gasteiger partial charge in [-0.05, 0) is 18.3 Å². The van der Waals surface area contributed by atoms with Crippen molar-refractivity contribution in [1.82, 2.24) is 5.32 Å². The van der Waals surface area contributed by atoms with Crippen LogP contribution in [0, 0.1) is 11.8 Å². The minimum atomic E-state index is 0.142. The van der Waals surface area contributed by atoms with Gasteiger partial charge in [0.05, 0.1) is 0 Å². The highest BCUT2D eigenvalue weighted by Gasteiger charge is 2.12. The van der Waals surface area contributed by atoms with Crippen molar-refractivity contribution in [2.75, 3.05) is 13.1 Å². The van der Waals surface area contributed by atoms with Crippen molar-refractivity contribution in [2.24, 2.45) is 17.6 Å². The topological polar surface area (TPSA) is 55.1 Å². The molecule has 0 radical (unpaired) electrons. The lowest BCUT2D eigenvalue weighted by Crippen LogP contribution is -2.30.